The number of alkyl halides is 1. The van der Waals surface area contributed by atoms with Crippen LogP contribution in [0.1, 0.15) is 22.8 Å². The third-order valence-electron chi connectivity index (χ3n) is 2.77. The Bertz CT molecular complexity index is 611. The molecular formula is C16H14ClFO2. The molecule has 0 bridgehead atoms. The van der Waals surface area contributed by atoms with Crippen molar-refractivity contribution >= 4 is 17.4 Å². The Kier molecular flexibility index (Phi) is 4.74. The number of ether oxygens (including phenoxy) is 1. The molecule has 0 fully saturated rings. The number of Topliss-reactive ketones (excluding diaryl/α,β-unsaturated/α-hetero) is 1. The molecule has 0 aliphatic rings. The van der Waals surface area contributed by atoms with Crippen LogP contribution in [-0.4, -0.2) is 11.2 Å². The van der Waals surface area contributed by atoms with Crippen molar-refractivity contribution in [1.29, 1.82) is 0 Å². The highest BCUT2D eigenvalue weighted by Gasteiger charge is 2.12. The van der Waals surface area contributed by atoms with Crippen LogP contribution in [0.5, 0.6) is 5.75 Å². The second-order valence-corrected chi connectivity index (χ2v) is 5.08. The van der Waals surface area contributed by atoms with Crippen molar-refractivity contribution in [3.63, 3.8) is 0 Å². The van der Waals surface area contributed by atoms with Gasteiger partial charge in [-0.3, -0.25) is 4.79 Å². The highest BCUT2D eigenvalue weighted by atomic mass is 35.5. The van der Waals surface area contributed by atoms with Crippen LogP contribution in [0.25, 0.3) is 0 Å². The molecule has 0 heterocycles. The van der Waals surface area contributed by atoms with E-state index in [0.717, 1.165) is 5.56 Å². The Labute approximate surface area is 122 Å². The molecule has 0 N–H and O–H groups in total. The molecule has 0 aromatic heterocycles. The van der Waals surface area contributed by atoms with Crippen LogP contribution in [0.4, 0.5) is 4.39 Å². The standard InChI is InChI=1S/C16H14ClFO2/c1-11(17)16(19)13-5-3-7-15(9-13)20-10-12-4-2-6-14(18)8-12/h2-9,11H,10H2,1H3. The summed E-state index contributed by atoms with van der Waals surface area (Å²) in [5, 5.41) is -0.575. The smallest absolute Gasteiger partial charge is 0.180 e. The lowest BCUT2D eigenvalue weighted by atomic mass is 10.1. The quantitative estimate of drug-likeness (QED) is 0.609. The summed E-state index contributed by atoms with van der Waals surface area (Å²) in [6.07, 6.45) is 0. The van der Waals surface area contributed by atoms with Gasteiger partial charge in [-0.05, 0) is 36.8 Å². The van der Waals surface area contributed by atoms with Gasteiger partial charge in [-0.1, -0.05) is 24.3 Å². The number of carbonyl (C=O) groups is 1. The average Bonchev–Trinajstić information content (AvgIpc) is 2.44. The van der Waals surface area contributed by atoms with Crippen molar-refractivity contribution in [3.05, 3.63) is 65.5 Å². The number of hydrogen-bond acceptors (Lipinski definition) is 2. The summed E-state index contributed by atoms with van der Waals surface area (Å²) >= 11 is 5.77. The van der Waals surface area contributed by atoms with E-state index in [-0.39, 0.29) is 18.2 Å². The maximum Gasteiger partial charge on any atom is 0.180 e. The summed E-state index contributed by atoms with van der Waals surface area (Å²) < 4.78 is 18.6. The monoisotopic (exact) mass is 292 g/mol. The predicted molar refractivity (Wildman–Crippen MR) is 76.8 cm³/mol. The zero-order valence-electron chi connectivity index (χ0n) is 11.0. The summed E-state index contributed by atoms with van der Waals surface area (Å²) in [5.74, 6) is 0.103. The highest BCUT2D eigenvalue weighted by Crippen LogP contribution is 2.17. The van der Waals surface area contributed by atoms with E-state index in [4.69, 9.17) is 16.3 Å². The number of carbonyl (C=O) groups excluding carboxylic acids is 1. The van der Waals surface area contributed by atoms with Crippen LogP contribution in [0, 0.1) is 5.82 Å². The first-order chi connectivity index (χ1) is 9.56. The lowest BCUT2D eigenvalue weighted by Gasteiger charge is -2.08. The van der Waals surface area contributed by atoms with Gasteiger partial charge in [0.05, 0.1) is 5.38 Å². The molecule has 4 heteroatoms. The molecule has 2 aromatic carbocycles. The zero-order chi connectivity index (χ0) is 14.5. The van der Waals surface area contributed by atoms with Crippen LogP contribution in [0.15, 0.2) is 48.5 Å². The van der Waals surface area contributed by atoms with Gasteiger partial charge < -0.3 is 4.74 Å². The summed E-state index contributed by atoms with van der Waals surface area (Å²) in [7, 11) is 0. The van der Waals surface area contributed by atoms with Gasteiger partial charge in [-0.2, -0.15) is 0 Å². The SMILES string of the molecule is CC(Cl)C(=O)c1cccc(OCc2cccc(F)c2)c1. The highest BCUT2D eigenvalue weighted by molar-refractivity contribution is 6.33. The first kappa shape index (κ1) is 14.5. The van der Waals surface area contributed by atoms with Gasteiger partial charge in [0.2, 0.25) is 0 Å². The average molecular weight is 293 g/mol. The van der Waals surface area contributed by atoms with E-state index in [0.29, 0.717) is 11.3 Å². The number of hydrogen-bond donors (Lipinski definition) is 0. The largest absolute Gasteiger partial charge is 0.489 e. The van der Waals surface area contributed by atoms with Gasteiger partial charge in [0.1, 0.15) is 18.2 Å². The fourth-order valence-electron chi connectivity index (χ4n) is 1.76. The maximum atomic E-state index is 13.0. The minimum absolute atomic E-state index is 0.150. The van der Waals surface area contributed by atoms with E-state index in [1.165, 1.54) is 12.1 Å². The third kappa shape index (κ3) is 3.81. The van der Waals surface area contributed by atoms with E-state index < -0.39 is 5.38 Å². The molecule has 0 radical (unpaired) electrons. The molecule has 0 aliphatic carbocycles. The minimum atomic E-state index is -0.575. The normalized spacial score (nSPS) is 11.9. The Morgan fingerprint density at radius 2 is 2.00 bits per heavy atom. The molecule has 2 aromatic rings. The van der Waals surface area contributed by atoms with Crippen LogP contribution in [0.3, 0.4) is 0 Å². The van der Waals surface area contributed by atoms with Crippen LogP contribution < -0.4 is 4.74 Å². The zero-order valence-corrected chi connectivity index (χ0v) is 11.7. The Morgan fingerprint density at radius 1 is 1.25 bits per heavy atom. The van der Waals surface area contributed by atoms with Crippen LogP contribution in [0.2, 0.25) is 0 Å². The molecular weight excluding hydrogens is 279 g/mol. The van der Waals surface area contributed by atoms with Gasteiger partial charge in [0.15, 0.2) is 5.78 Å². The van der Waals surface area contributed by atoms with Gasteiger partial charge in [-0.25, -0.2) is 4.39 Å². The summed E-state index contributed by atoms with van der Waals surface area (Å²) in [6.45, 7) is 1.87. The van der Waals surface area contributed by atoms with Gasteiger partial charge in [-0.15, -0.1) is 11.6 Å². The minimum Gasteiger partial charge on any atom is -0.489 e. The molecule has 1 unspecified atom stereocenters. The Balaban J connectivity index is 2.07. The van der Waals surface area contributed by atoms with E-state index in [9.17, 15) is 9.18 Å². The molecule has 0 saturated carbocycles. The Hall–Kier alpha value is -1.87. The first-order valence-electron chi connectivity index (χ1n) is 6.22. The maximum absolute atomic E-state index is 13.0. The number of rotatable bonds is 5. The van der Waals surface area contributed by atoms with E-state index in [2.05, 4.69) is 0 Å². The molecule has 2 nitrogen and oxygen atoms in total. The second-order valence-electron chi connectivity index (χ2n) is 4.43. The third-order valence-corrected chi connectivity index (χ3v) is 2.97. The van der Waals surface area contributed by atoms with Gasteiger partial charge >= 0.3 is 0 Å². The molecule has 0 amide bonds. The van der Waals surface area contributed by atoms with Crippen molar-refractivity contribution in [1.82, 2.24) is 0 Å². The number of benzene rings is 2. The van der Waals surface area contributed by atoms with Crippen molar-refractivity contribution in [3.8, 4) is 5.75 Å². The van der Waals surface area contributed by atoms with Crippen molar-refractivity contribution in [2.24, 2.45) is 0 Å². The topological polar surface area (TPSA) is 26.3 Å². The van der Waals surface area contributed by atoms with Gasteiger partial charge in [0.25, 0.3) is 0 Å². The number of halogens is 2. The summed E-state index contributed by atoms with van der Waals surface area (Å²) in [4.78, 5) is 11.8. The van der Waals surface area contributed by atoms with Gasteiger partial charge in [0, 0.05) is 5.56 Å². The molecule has 0 aliphatic heterocycles. The molecule has 2 rings (SSSR count). The van der Waals surface area contributed by atoms with E-state index >= 15 is 0 Å². The molecule has 104 valence electrons. The van der Waals surface area contributed by atoms with E-state index in [1.54, 1.807) is 43.3 Å². The molecule has 1 atom stereocenters. The second kappa shape index (κ2) is 6.53. The number of ketones is 1. The predicted octanol–water partition coefficient (Wildman–Crippen LogP) is 4.21. The molecule has 0 saturated heterocycles. The molecule has 20 heavy (non-hydrogen) atoms. The summed E-state index contributed by atoms with van der Waals surface area (Å²) in [5.41, 5.74) is 1.23. The van der Waals surface area contributed by atoms with Crippen LogP contribution >= 0.6 is 11.6 Å². The Morgan fingerprint density at radius 3 is 2.70 bits per heavy atom. The van der Waals surface area contributed by atoms with Crippen LogP contribution in [-0.2, 0) is 6.61 Å². The lowest BCUT2D eigenvalue weighted by Crippen LogP contribution is -2.10. The van der Waals surface area contributed by atoms with Crippen molar-refractivity contribution < 1.29 is 13.9 Å². The van der Waals surface area contributed by atoms with Crippen molar-refractivity contribution in [2.75, 3.05) is 0 Å². The fraction of sp³-hybridized carbons (Fsp3) is 0.188. The fourth-order valence-corrected chi connectivity index (χ4v) is 1.89. The first-order valence-corrected chi connectivity index (χ1v) is 6.65. The molecule has 0 spiro atoms. The van der Waals surface area contributed by atoms with E-state index in [1.807, 2.05) is 0 Å². The van der Waals surface area contributed by atoms with Crippen molar-refractivity contribution in [2.45, 2.75) is 18.9 Å². The lowest BCUT2D eigenvalue weighted by molar-refractivity contribution is 0.0991. The summed E-state index contributed by atoms with van der Waals surface area (Å²) in [6, 6.07) is 13.0.